The molecule has 0 saturated heterocycles. The largest absolute Gasteiger partial charge is 0.481 e. The summed E-state index contributed by atoms with van der Waals surface area (Å²) in [7, 11) is 0. The van der Waals surface area contributed by atoms with Crippen LogP contribution in [0.1, 0.15) is 37.1 Å². The highest BCUT2D eigenvalue weighted by atomic mass is 32.2. The molecule has 1 aromatic carbocycles. The summed E-state index contributed by atoms with van der Waals surface area (Å²) in [6, 6.07) is 8.30. The van der Waals surface area contributed by atoms with E-state index in [1.54, 1.807) is 0 Å². The minimum absolute atomic E-state index is 0.00412. The van der Waals surface area contributed by atoms with Crippen LogP contribution in [0.15, 0.2) is 29.4 Å². The highest BCUT2D eigenvalue weighted by Gasteiger charge is 2.31. The first-order valence-corrected chi connectivity index (χ1v) is 8.06. The molecule has 1 aliphatic carbocycles. The molecule has 1 aromatic heterocycles. The molecule has 5 nitrogen and oxygen atoms in total. The van der Waals surface area contributed by atoms with Gasteiger partial charge in [0.05, 0.1) is 5.75 Å². The average Bonchev–Trinajstić information content (AvgIpc) is 3.25. The van der Waals surface area contributed by atoms with Gasteiger partial charge in [0.15, 0.2) is 5.16 Å². The Morgan fingerprint density at radius 2 is 2.05 bits per heavy atom. The maximum absolute atomic E-state index is 10.8. The van der Waals surface area contributed by atoms with Crippen molar-refractivity contribution in [2.75, 3.05) is 5.75 Å². The van der Waals surface area contributed by atoms with E-state index in [1.165, 1.54) is 17.3 Å². The maximum Gasteiger partial charge on any atom is 0.313 e. The molecule has 21 heavy (non-hydrogen) atoms. The smallest absolute Gasteiger partial charge is 0.313 e. The fourth-order valence-electron chi connectivity index (χ4n) is 2.23. The molecule has 1 fully saturated rings. The zero-order valence-corrected chi connectivity index (χ0v) is 12.6. The van der Waals surface area contributed by atoms with E-state index in [1.807, 2.05) is 4.57 Å². The first-order valence-electron chi connectivity index (χ1n) is 7.08. The Labute approximate surface area is 127 Å². The molecule has 0 atom stereocenters. The molecule has 6 heteroatoms. The van der Waals surface area contributed by atoms with Crippen LogP contribution in [0.2, 0.25) is 0 Å². The Kier molecular flexibility index (Phi) is 3.96. The maximum atomic E-state index is 10.8. The number of carboxylic acids is 1. The van der Waals surface area contributed by atoms with Crippen molar-refractivity contribution in [2.45, 2.75) is 37.3 Å². The van der Waals surface area contributed by atoms with Gasteiger partial charge in [0.2, 0.25) is 0 Å². The molecule has 1 N–H and O–H groups in total. The number of nitrogens with zero attached hydrogens (tertiary/aromatic N) is 3. The number of rotatable bonds is 6. The summed E-state index contributed by atoms with van der Waals surface area (Å²) in [5.41, 5.74) is 2.28. The van der Waals surface area contributed by atoms with Crippen LogP contribution < -0.4 is 0 Å². The number of thioether (sulfide) groups is 1. The minimum Gasteiger partial charge on any atom is -0.481 e. The lowest BCUT2D eigenvalue weighted by Crippen LogP contribution is -2.04. The third kappa shape index (κ3) is 3.10. The molecule has 1 heterocycles. The van der Waals surface area contributed by atoms with Crippen LogP contribution in [-0.4, -0.2) is 31.6 Å². The second-order valence-electron chi connectivity index (χ2n) is 5.15. The van der Waals surface area contributed by atoms with Crippen molar-refractivity contribution in [2.24, 2.45) is 0 Å². The van der Waals surface area contributed by atoms with Gasteiger partial charge in [-0.1, -0.05) is 30.8 Å². The Bertz CT molecular complexity index is 647. The van der Waals surface area contributed by atoms with Crippen molar-refractivity contribution in [3.05, 3.63) is 35.7 Å². The van der Waals surface area contributed by atoms with Crippen LogP contribution in [0, 0.1) is 0 Å². The van der Waals surface area contributed by atoms with E-state index >= 15 is 0 Å². The Balaban J connectivity index is 1.96. The standard InChI is InChI=1S/C15H17N3O2S/c1-2-10-3-7-12(8-4-10)18-14(11-5-6-11)16-17-15(18)21-9-13(19)20/h3-4,7-8,11H,2,5-6,9H2,1H3,(H,19,20). The summed E-state index contributed by atoms with van der Waals surface area (Å²) in [6.07, 6.45) is 3.27. The van der Waals surface area contributed by atoms with Gasteiger partial charge < -0.3 is 5.11 Å². The number of carbonyl (C=O) groups is 1. The number of aliphatic carboxylic acids is 1. The monoisotopic (exact) mass is 303 g/mol. The molecule has 2 aromatic rings. The van der Waals surface area contributed by atoms with Crippen molar-refractivity contribution in [3.8, 4) is 5.69 Å². The van der Waals surface area contributed by atoms with Gasteiger partial charge in [-0.2, -0.15) is 0 Å². The topological polar surface area (TPSA) is 68.0 Å². The predicted molar refractivity (Wildman–Crippen MR) is 81.1 cm³/mol. The van der Waals surface area contributed by atoms with Crippen molar-refractivity contribution >= 4 is 17.7 Å². The number of hydrogen-bond acceptors (Lipinski definition) is 4. The van der Waals surface area contributed by atoms with Crippen LogP contribution in [0.4, 0.5) is 0 Å². The first kappa shape index (κ1) is 14.1. The molecular formula is C15H17N3O2S. The fourth-order valence-corrected chi connectivity index (χ4v) is 2.91. The molecule has 0 amide bonds. The van der Waals surface area contributed by atoms with Gasteiger partial charge in [-0.3, -0.25) is 9.36 Å². The Morgan fingerprint density at radius 3 is 2.62 bits per heavy atom. The van der Waals surface area contributed by atoms with Crippen molar-refractivity contribution < 1.29 is 9.90 Å². The molecule has 3 rings (SSSR count). The van der Waals surface area contributed by atoms with Gasteiger partial charge in [0, 0.05) is 11.6 Å². The fraction of sp³-hybridized carbons (Fsp3) is 0.400. The van der Waals surface area contributed by atoms with E-state index in [0.717, 1.165) is 30.8 Å². The molecule has 110 valence electrons. The van der Waals surface area contributed by atoms with E-state index in [2.05, 4.69) is 41.4 Å². The third-order valence-electron chi connectivity index (χ3n) is 3.53. The van der Waals surface area contributed by atoms with Crippen LogP contribution in [0.5, 0.6) is 0 Å². The SMILES string of the molecule is CCc1ccc(-n2c(SCC(=O)O)nnc2C2CC2)cc1. The summed E-state index contributed by atoms with van der Waals surface area (Å²) in [6.45, 7) is 2.12. The van der Waals surface area contributed by atoms with E-state index in [0.29, 0.717) is 11.1 Å². The predicted octanol–water partition coefficient (Wildman–Crippen LogP) is 2.88. The number of benzene rings is 1. The van der Waals surface area contributed by atoms with Crippen molar-refractivity contribution in [1.29, 1.82) is 0 Å². The van der Waals surface area contributed by atoms with Gasteiger partial charge in [-0.05, 0) is 37.0 Å². The lowest BCUT2D eigenvalue weighted by atomic mass is 10.1. The normalized spacial score (nSPS) is 14.3. The quantitative estimate of drug-likeness (QED) is 0.831. The molecule has 0 radical (unpaired) electrons. The van der Waals surface area contributed by atoms with Crippen molar-refractivity contribution in [3.63, 3.8) is 0 Å². The molecule has 1 saturated carbocycles. The molecule has 1 aliphatic rings. The van der Waals surface area contributed by atoms with Crippen LogP contribution >= 0.6 is 11.8 Å². The Hall–Kier alpha value is -1.82. The summed E-state index contributed by atoms with van der Waals surface area (Å²) < 4.78 is 2.00. The van der Waals surface area contributed by atoms with Gasteiger partial charge >= 0.3 is 5.97 Å². The number of aromatic nitrogens is 3. The minimum atomic E-state index is -0.844. The van der Waals surface area contributed by atoms with E-state index in [4.69, 9.17) is 5.11 Å². The molecule has 0 spiro atoms. The summed E-state index contributed by atoms with van der Waals surface area (Å²) in [5, 5.41) is 18.0. The Morgan fingerprint density at radius 1 is 1.33 bits per heavy atom. The third-order valence-corrected chi connectivity index (χ3v) is 4.44. The second-order valence-corrected chi connectivity index (χ2v) is 6.10. The molecule has 0 unspecified atom stereocenters. The number of carboxylic acid groups (broad SMARTS) is 1. The average molecular weight is 303 g/mol. The van der Waals surface area contributed by atoms with Crippen LogP contribution in [0.25, 0.3) is 5.69 Å². The number of hydrogen-bond donors (Lipinski definition) is 1. The molecular weight excluding hydrogens is 286 g/mol. The van der Waals surface area contributed by atoms with Gasteiger partial charge in [-0.25, -0.2) is 0 Å². The number of aryl methyl sites for hydroxylation is 1. The van der Waals surface area contributed by atoms with Gasteiger partial charge in [0.1, 0.15) is 5.82 Å². The van der Waals surface area contributed by atoms with Crippen LogP contribution in [-0.2, 0) is 11.2 Å². The van der Waals surface area contributed by atoms with Crippen LogP contribution in [0.3, 0.4) is 0 Å². The molecule has 0 bridgehead atoms. The second kappa shape index (κ2) is 5.89. The zero-order chi connectivity index (χ0) is 14.8. The van der Waals surface area contributed by atoms with E-state index < -0.39 is 5.97 Å². The van der Waals surface area contributed by atoms with Crippen molar-refractivity contribution in [1.82, 2.24) is 14.8 Å². The van der Waals surface area contributed by atoms with E-state index in [-0.39, 0.29) is 5.75 Å². The first-order chi connectivity index (χ1) is 10.2. The molecule has 0 aliphatic heterocycles. The lowest BCUT2D eigenvalue weighted by Gasteiger charge is -2.10. The van der Waals surface area contributed by atoms with E-state index in [9.17, 15) is 4.79 Å². The highest BCUT2D eigenvalue weighted by molar-refractivity contribution is 7.99. The van der Waals surface area contributed by atoms with Gasteiger partial charge in [0.25, 0.3) is 0 Å². The summed E-state index contributed by atoms with van der Waals surface area (Å²) >= 11 is 1.22. The summed E-state index contributed by atoms with van der Waals surface area (Å²) in [5.74, 6) is 0.564. The highest BCUT2D eigenvalue weighted by Crippen LogP contribution is 2.41. The zero-order valence-electron chi connectivity index (χ0n) is 11.8. The summed E-state index contributed by atoms with van der Waals surface area (Å²) in [4.78, 5) is 10.8. The van der Waals surface area contributed by atoms with Gasteiger partial charge in [-0.15, -0.1) is 10.2 Å². The lowest BCUT2D eigenvalue weighted by molar-refractivity contribution is -0.133.